The van der Waals surface area contributed by atoms with E-state index in [1.54, 1.807) is 13.2 Å². The Morgan fingerprint density at radius 3 is 2.64 bits per heavy atom. The summed E-state index contributed by atoms with van der Waals surface area (Å²) in [4.78, 5) is 12.5. The molecule has 148 valence electrons. The molecule has 0 aliphatic heterocycles. The number of nitrogens with one attached hydrogen (secondary N) is 1. The van der Waals surface area contributed by atoms with E-state index in [9.17, 15) is 13.6 Å². The zero-order chi connectivity index (χ0) is 20.1. The highest BCUT2D eigenvalue weighted by molar-refractivity contribution is 6.05. The molecule has 2 aromatic carbocycles. The van der Waals surface area contributed by atoms with Gasteiger partial charge in [-0.15, -0.1) is 0 Å². The highest BCUT2D eigenvalue weighted by Crippen LogP contribution is 2.30. The second-order valence-corrected chi connectivity index (χ2v) is 5.97. The first-order valence-corrected chi connectivity index (χ1v) is 8.54. The van der Waals surface area contributed by atoms with Crippen molar-refractivity contribution in [3.8, 4) is 11.5 Å². The van der Waals surface area contributed by atoms with Crippen LogP contribution in [-0.2, 0) is 11.3 Å². The normalized spacial score (nSPS) is 11.0. The molecule has 0 saturated heterocycles. The van der Waals surface area contributed by atoms with Gasteiger partial charge in [0.2, 0.25) is 0 Å². The molecular weight excluding hydrogens is 370 g/mol. The average Bonchev–Trinajstić information content (AvgIpc) is 3.08. The molecule has 0 bridgehead atoms. The van der Waals surface area contributed by atoms with Gasteiger partial charge in [0.05, 0.1) is 13.7 Å². The van der Waals surface area contributed by atoms with Gasteiger partial charge in [0.25, 0.3) is 5.91 Å². The number of hydrogen-bond acceptors (Lipinski definition) is 4. The smallest absolute Gasteiger partial charge is 0.387 e. The fraction of sp³-hybridized carbons (Fsp3) is 0.250. The summed E-state index contributed by atoms with van der Waals surface area (Å²) in [7, 11) is 2.98. The Labute approximate surface area is 160 Å². The maximum absolute atomic E-state index is 12.6. The first kappa shape index (κ1) is 19.6. The van der Waals surface area contributed by atoms with Crippen molar-refractivity contribution in [2.75, 3.05) is 26.1 Å². The van der Waals surface area contributed by atoms with Crippen LogP contribution in [0.3, 0.4) is 0 Å². The van der Waals surface area contributed by atoms with Gasteiger partial charge in [-0.25, -0.2) is 0 Å². The number of nitrogens with zero attached hydrogens (tertiary/aromatic N) is 1. The second kappa shape index (κ2) is 8.71. The molecule has 1 amide bonds. The van der Waals surface area contributed by atoms with E-state index in [4.69, 9.17) is 9.47 Å². The summed E-state index contributed by atoms with van der Waals surface area (Å²) in [6.45, 7) is -1.69. The number of aromatic nitrogens is 1. The molecule has 0 atom stereocenters. The molecule has 0 unspecified atom stereocenters. The minimum atomic E-state index is -3.02. The Balaban J connectivity index is 1.79. The number of alkyl halides is 2. The number of ether oxygens (including phenoxy) is 3. The van der Waals surface area contributed by atoms with E-state index >= 15 is 0 Å². The Bertz CT molecular complexity index is 972. The zero-order valence-electron chi connectivity index (χ0n) is 15.4. The fourth-order valence-electron chi connectivity index (χ4n) is 2.87. The van der Waals surface area contributed by atoms with Crippen molar-refractivity contribution in [2.45, 2.75) is 13.2 Å². The summed E-state index contributed by atoms with van der Waals surface area (Å²) < 4.78 is 41.7. The van der Waals surface area contributed by atoms with Crippen molar-refractivity contribution in [2.24, 2.45) is 0 Å². The van der Waals surface area contributed by atoms with Crippen LogP contribution < -0.4 is 14.8 Å². The minimum Gasteiger partial charge on any atom is -0.493 e. The number of methoxy groups -OCH3 is 2. The van der Waals surface area contributed by atoms with Gasteiger partial charge in [0.1, 0.15) is 0 Å². The lowest BCUT2D eigenvalue weighted by molar-refractivity contribution is -0.0512. The van der Waals surface area contributed by atoms with Gasteiger partial charge < -0.3 is 24.1 Å². The molecule has 0 radical (unpaired) electrons. The molecule has 0 saturated carbocycles. The van der Waals surface area contributed by atoms with Crippen LogP contribution in [0, 0.1) is 0 Å². The van der Waals surface area contributed by atoms with Gasteiger partial charge >= 0.3 is 6.61 Å². The van der Waals surface area contributed by atoms with Gasteiger partial charge in [-0.3, -0.25) is 4.79 Å². The number of anilines is 1. The summed E-state index contributed by atoms with van der Waals surface area (Å²) in [6.07, 6.45) is 1.95. The monoisotopic (exact) mass is 390 g/mol. The summed E-state index contributed by atoms with van der Waals surface area (Å²) >= 11 is 0. The van der Waals surface area contributed by atoms with Crippen LogP contribution in [0.4, 0.5) is 14.5 Å². The fourth-order valence-corrected chi connectivity index (χ4v) is 2.87. The van der Waals surface area contributed by atoms with Gasteiger partial charge in [-0.1, -0.05) is 0 Å². The molecular formula is C20H20F2N2O4. The van der Waals surface area contributed by atoms with Crippen molar-refractivity contribution in [3.63, 3.8) is 0 Å². The van der Waals surface area contributed by atoms with Gasteiger partial charge in [0, 0.05) is 42.0 Å². The minimum absolute atomic E-state index is 0.121. The zero-order valence-corrected chi connectivity index (χ0v) is 15.4. The van der Waals surface area contributed by atoms with Gasteiger partial charge in [0.15, 0.2) is 11.5 Å². The topological polar surface area (TPSA) is 61.7 Å². The van der Waals surface area contributed by atoms with E-state index in [-0.39, 0.29) is 17.1 Å². The molecule has 28 heavy (non-hydrogen) atoms. The highest BCUT2D eigenvalue weighted by atomic mass is 19.3. The molecule has 3 aromatic rings. The Morgan fingerprint density at radius 2 is 1.93 bits per heavy atom. The SMILES string of the molecule is COCCn1ccc2cc(NC(=O)c3ccc(OC)c(OC(F)F)c3)ccc21. The lowest BCUT2D eigenvalue weighted by Crippen LogP contribution is -2.13. The number of fused-ring (bicyclic) bond motifs is 1. The number of amides is 1. The average molecular weight is 390 g/mol. The van der Waals surface area contributed by atoms with Gasteiger partial charge in [-0.2, -0.15) is 8.78 Å². The van der Waals surface area contributed by atoms with Crippen molar-refractivity contribution in [3.05, 3.63) is 54.2 Å². The molecule has 6 nitrogen and oxygen atoms in total. The number of carbonyl (C=O) groups is 1. The van der Waals surface area contributed by atoms with Crippen LogP contribution in [0.2, 0.25) is 0 Å². The number of carbonyl (C=O) groups excluding carboxylic acids is 1. The van der Waals surface area contributed by atoms with Crippen LogP contribution in [0.1, 0.15) is 10.4 Å². The molecule has 0 aliphatic rings. The predicted molar refractivity (Wildman–Crippen MR) is 101 cm³/mol. The quantitative estimate of drug-likeness (QED) is 0.628. The van der Waals surface area contributed by atoms with Crippen LogP contribution in [0.25, 0.3) is 10.9 Å². The Kier molecular flexibility index (Phi) is 6.10. The van der Waals surface area contributed by atoms with Crippen LogP contribution >= 0.6 is 0 Å². The molecule has 0 fully saturated rings. The second-order valence-electron chi connectivity index (χ2n) is 5.97. The Hall–Kier alpha value is -3.13. The van der Waals surface area contributed by atoms with E-state index in [0.717, 1.165) is 17.4 Å². The van der Waals surface area contributed by atoms with Crippen LogP contribution in [0.5, 0.6) is 11.5 Å². The molecule has 1 N–H and O–H groups in total. The van der Waals surface area contributed by atoms with Crippen molar-refractivity contribution < 1.29 is 27.8 Å². The Morgan fingerprint density at radius 1 is 1.11 bits per heavy atom. The van der Waals surface area contributed by atoms with E-state index in [2.05, 4.69) is 14.6 Å². The summed E-state index contributed by atoms with van der Waals surface area (Å²) in [5.41, 5.74) is 1.79. The summed E-state index contributed by atoms with van der Waals surface area (Å²) in [5, 5.41) is 3.73. The first-order chi connectivity index (χ1) is 13.5. The van der Waals surface area contributed by atoms with E-state index in [1.807, 2.05) is 24.4 Å². The third-order valence-electron chi connectivity index (χ3n) is 4.21. The first-order valence-electron chi connectivity index (χ1n) is 8.54. The van der Waals surface area contributed by atoms with Crippen LogP contribution in [0.15, 0.2) is 48.7 Å². The standard InChI is InChI=1S/C20H20F2N2O4/c1-26-10-9-24-8-7-13-11-15(4-5-16(13)24)23-19(25)14-3-6-17(27-2)18(12-14)28-20(21)22/h3-8,11-12,20H,9-10H2,1-2H3,(H,23,25). The van der Waals surface area contributed by atoms with Crippen molar-refractivity contribution in [1.82, 2.24) is 4.57 Å². The lowest BCUT2D eigenvalue weighted by atomic mass is 10.1. The summed E-state index contributed by atoms with van der Waals surface area (Å²) in [5.74, 6) is -0.522. The number of rotatable bonds is 8. The van der Waals surface area contributed by atoms with E-state index < -0.39 is 12.5 Å². The molecule has 0 spiro atoms. The lowest BCUT2D eigenvalue weighted by Gasteiger charge is -2.12. The molecule has 1 heterocycles. The maximum Gasteiger partial charge on any atom is 0.387 e. The molecule has 1 aromatic heterocycles. The van der Waals surface area contributed by atoms with E-state index in [0.29, 0.717) is 12.3 Å². The number of hydrogen-bond donors (Lipinski definition) is 1. The summed E-state index contributed by atoms with van der Waals surface area (Å²) in [6, 6.07) is 11.6. The molecule has 0 aliphatic carbocycles. The van der Waals surface area contributed by atoms with Gasteiger partial charge in [-0.05, 0) is 42.5 Å². The van der Waals surface area contributed by atoms with Crippen molar-refractivity contribution >= 4 is 22.5 Å². The van der Waals surface area contributed by atoms with Crippen LogP contribution in [-0.4, -0.2) is 37.9 Å². The molecule has 8 heteroatoms. The van der Waals surface area contributed by atoms with Crippen molar-refractivity contribution in [1.29, 1.82) is 0 Å². The third kappa shape index (κ3) is 4.40. The highest BCUT2D eigenvalue weighted by Gasteiger charge is 2.15. The number of halogens is 2. The largest absolute Gasteiger partial charge is 0.493 e. The predicted octanol–water partition coefficient (Wildman–Crippen LogP) is 4.15. The third-order valence-corrected chi connectivity index (χ3v) is 4.21. The molecule has 3 rings (SSSR count). The maximum atomic E-state index is 12.6. The van der Waals surface area contributed by atoms with E-state index in [1.165, 1.54) is 25.3 Å². The number of benzene rings is 2.